The lowest BCUT2D eigenvalue weighted by atomic mass is 9.55. The van der Waals surface area contributed by atoms with Gasteiger partial charge in [0.25, 0.3) is 0 Å². The summed E-state index contributed by atoms with van der Waals surface area (Å²) in [7, 11) is 0. The fourth-order valence-corrected chi connectivity index (χ4v) is 5.57. The summed E-state index contributed by atoms with van der Waals surface area (Å²) in [6.07, 6.45) is 7.05. The van der Waals surface area contributed by atoms with E-state index in [2.05, 4.69) is 25.1 Å². The molecule has 5 atom stereocenters. The van der Waals surface area contributed by atoms with E-state index < -0.39 is 0 Å². The van der Waals surface area contributed by atoms with Crippen LogP contribution in [0.4, 0.5) is 5.69 Å². The Morgan fingerprint density at radius 1 is 1.20 bits per heavy atom. The third kappa shape index (κ3) is 1.60. The van der Waals surface area contributed by atoms with E-state index in [1.807, 2.05) is 0 Å². The molecule has 2 nitrogen and oxygen atoms in total. The van der Waals surface area contributed by atoms with Gasteiger partial charge in [-0.15, -0.1) is 0 Å². The van der Waals surface area contributed by atoms with Crippen LogP contribution < -0.4 is 5.73 Å². The van der Waals surface area contributed by atoms with Crippen molar-refractivity contribution in [2.24, 2.45) is 17.3 Å². The second kappa shape index (κ2) is 4.24. The van der Waals surface area contributed by atoms with Crippen LogP contribution in [0.3, 0.4) is 0 Å². The van der Waals surface area contributed by atoms with Crippen molar-refractivity contribution in [3.8, 4) is 0 Å². The molecule has 0 aromatic heterocycles. The molecule has 0 bridgehead atoms. The van der Waals surface area contributed by atoms with Crippen LogP contribution in [0.15, 0.2) is 18.2 Å². The van der Waals surface area contributed by atoms with Gasteiger partial charge in [-0.2, -0.15) is 0 Å². The maximum atomic E-state index is 10.4. The highest BCUT2D eigenvalue weighted by atomic mass is 16.3. The first-order valence-electron chi connectivity index (χ1n) is 8.16. The number of nitrogen functional groups attached to an aromatic ring is 1. The first kappa shape index (κ1) is 12.7. The lowest BCUT2D eigenvalue weighted by Crippen LogP contribution is -2.43. The molecule has 0 unspecified atom stereocenters. The molecule has 2 fully saturated rings. The number of aryl methyl sites for hydroxylation is 1. The molecule has 0 spiro atoms. The maximum absolute atomic E-state index is 10.4. The summed E-state index contributed by atoms with van der Waals surface area (Å²) in [6.45, 7) is 2.34. The standard InChI is InChI=1S/C18H25NO/c1-18-9-8-14-13-5-3-12(19)10-11(13)2-4-15(14)16(18)6-7-17(18)20/h3,5,10,14-17,20H,2,4,6-9,19H2,1H3/t14-,15-,16-,17-,18+/m0/s1. The maximum Gasteiger partial charge on any atom is 0.0596 e. The number of aliphatic hydroxyl groups is 1. The highest BCUT2D eigenvalue weighted by Crippen LogP contribution is 2.60. The topological polar surface area (TPSA) is 46.2 Å². The number of rotatable bonds is 0. The Labute approximate surface area is 121 Å². The highest BCUT2D eigenvalue weighted by Gasteiger charge is 2.54. The summed E-state index contributed by atoms with van der Waals surface area (Å²) >= 11 is 0. The van der Waals surface area contributed by atoms with Crippen LogP contribution >= 0.6 is 0 Å². The number of anilines is 1. The van der Waals surface area contributed by atoms with Gasteiger partial charge >= 0.3 is 0 Å². The van der Waals surface area contributed by atoms with Gasteiger partial charge in [0.2, 0.25) is 0 Å². The minimum atomic E-state index is -0.0683. The summed E-state index contributed by atoms with van der Waals surface area (Å²) in [5, 5.41) is 10.4. The van der Waals surface area contributed by atoms with Crippen LogP contribution in [0.25, 0.3) is 0 Å². The van der Waals surface area contributed by atoms with E-state index in [1.165, 1.54) is 37.7 Å². The Morgan fingerprint density at radius 2 is 2.05 bits per heavy atom. The SMILES string of the molecule is C[C@@]12CC[C@H]3c4ccc(N)cc4CC[C@@H]3[C@@H]1CC[C@@H]2O. The molecule has 2 heteroatoms. The fraction of sp³-hybridized carbons (Fsp3) is 0.667. The van der Waals surface area contributed by atoms with E-state index in [1.54, 1.807) is 5.56 Å². The van der Waals surface area contributed by atoms with E-state index in [0.29, 0.717) is 5.92 Å². The minimum absolute atomic E-state index is 0.0683. The summed E-state index contributed by atoms with van der Waals surface area (Å²) in [4.78, 5) is 0. The van der Waals surface area contributed by atoms with Crippen LogP contribution in [-0.4, -0.2) is 11.2 Å². The lowest BCUT2D eigenvalue weighted by Gasteiger charge is -2.50. The first-order valence-corrected chi connectivity index (χ1v) is 8.16. The molecule has 1 aromatic rings. The van der Waals surface area contributed by atoms with Crippen LogP contribution in [0.1, 0.15) is 56.1 Å². The van der Waals surface area contributed by atoms with Gasteiger partial charge in [0.1, 0.15) is 0 Å². The molecule has 4 rings (SSSR count). The van der Waals surface area contributed by atoms with Gasteiger partial charge in [-0.3, -0.25) is 0 Å². The van der Waals surface area contributed by atoms with Gasteiger partial charge in [-0.05, 0) is 85.0 Å². The van der Waals surface area contributed by atoms with Gasteiger partial charge in [-0.25, -0.2) is 0 Å². The Hall–Kier alpha value is -1.02. The minimum Gasteiger partial charge on any atom is -0.399 e. The summed E-state index contributed by atoms with van der Waals surface area (Å²) in [5.41, 5.74) is 10.1. The third-order valence-electron chi connectivity index (χ3n) is 6.70. The van der Waals surface area contributed by atoms with Crippen molar-refractivity contribution in [1.29, 1.82) is 0 Å². The Balaban J connectivity index is 1.71. The molecule has 108 valence electrons. The Kier molecular flexibility index (Phi) is 2.69. The van der Waals surface area contributed by atoms with Crippen LogP contribution in [-0.2, 0) is 6.42 Å². The number of fused-ring (bicyclic) bond motifs is 5. The molecule has 0 aliphatic heterocycles. The number of hydrogen-bond acceptors (Lipinski definition) is 2. The number of aliphatic hydroxyl groups excluding tert-OH is 1. The normalized spacial score (nSPS) is 42.7. The average molecular weight is 271 g/mol. The number of nitrogens with two attached hydrogens (primary N) is 1. The Morgan fingerprint density at radius 3 is 2.90 bits per heavy atom. The van der Waals surface area contributed by atoms with E-state index in [4.69, 9.17) is 5.73 Å². The molecule has 3 aliphatic carbocycles. The van der Waals surface area contributed by atoms with Crippen molar-refractivity contribution in [2.45, 2.75) is 57.5 Å². The van der Waals surface area contributed by atoms with E-state index in [9.17, 15) is 5.11 Å². The summed E-state index contributed by atoms with van der Waals surface area (Å²) in [5.74, 6) is 2.21. The van der Waals surface area contributed by atoms with Gasteiger partial charge < -0.3 is 10.8 Å². The molecule has 0 amide bonds. The quantitative estimate of drug-likeness (QED) is 0.710. The zero-order valence-corrected chi connectivity index (χ0v) is 12.3. The van der Waals surface area contributed by atoms with E-state index in [-0.39, 0.29) is 11.5 Å². The molecule has 3 aliphatic rings. The second-order valence-electron chi connectivity index (χ2n) is 7.51. The van der Waals surface area contributed by atoms with Crippen molar-refractivity contribution >= 4 is 5.69 Å². The molecular formula is C18H25NO. The Bertz CT molecular complexity index is 540. The van der Waals surface area contributed by atoms with Gasteiger partial charge in [0.15, 0.2) is 0 Å². The monoisotopic (exact) mass is 271 g/mol. The van der Waals surface area contributed by atoms with E-state index >= 15 is 0 Å². The zero-order chi connectivity index (χ0) is 13.9. The molecule has 20 heavy (non-hydrogen) atoms. The van der Waals surface area contributed by atoms with Crippen LogP contribution in [0.5, 0.6) is 0 Å². The average Bonchev–Trinajstić information content (AvgIpc) is 2.74. The van der Waals surface area contributed by atoms with Gasteiger partial charge in [-0.1, -0.05) is 13.0 Å². The predicted molar refractivity (Wildman–Crippen MR) is 81.5 cm³/mol. The van der Waals surface area contributed by atoms with Gasteiger partial charge in [0, 0.05) is 5.69 Å². The summed E-state index contributed by atoms with van der Waals surface area (Å²) < 4.78 is 0. The van der Waals surface area contributed by atoms with Crippen LogP contribution in [0, 0.1) is 17.3 Å². The molecular weight excluding hydrogens is 246 g/mol. The van der Waals surface area contributed by atoms with Gasteiger partial charge in [0.05, 0.1) is 6.10 Å². The van der Waals surface area contributed by atoms with Crippen molar-refractivity contribution in [2.75, 3.05) is 5.73 Å². The van der Waals surface area contributed by atoms with Crippen LogP contribution in [0.2, 0.25) is 0 Å². The van der Waals surface area contributed by atoms with Crippen molar-refractivity contribution in [3.63, 3.8) is 0 Å². The van der Waals surface area contributed by atoms with Crippen molar-refractivity contribution in [1.82, 2.24) is 0 Å². The molecule has 0 radical (unpaired) electrons. The first-order chi connectivity index (χ1) is 9.59. The molecule has 2 saturated carbocycles. The second-order valence-corrected chi connectivity index (χ2v) is 7.51. The fourth-order valence-electron chi connectivity index (χ4n) is 5.57. The zero-order valence-electron chi connectivity index (χ0n) is 12.3. The number of benzene rings is 1. The number of hydrogen-bond donors (Lipinski definition) is 2. The lowest BCUT2D eigenvalue weighted by molar-refractivity contribution is -0.0226. The largest absolute Gasteiger partial charge is 0.399 e. The predicted octanol–water partition coefficient (Wildman–Crippen LogP) is 3.49. The molecule has 3 N–H and O–H groups in total. The summed E-state index contributed by atoms with van der Waals surface area (Å²) in [6, 6.07) is 6.52. The smallest absolute Gasteiger partial charge is 0.0596 e. The molecule has 1 aromatic carbocycles. The highest BCUT2D eigenvalue weighted by molar-refractivity contribution is 5.47. The van der Waals surface area contributed by atoms with Crippen molar-refractivity contribution in [3.05, 3.63) is 29.3 Å². The molecule has 0 heterocycles. The third-order valence-corrected chi connectivity index (χ3v) is 6.70. The van der Waals surface area contributed by atoms with Crippen molar-refractivity contribution < 1.29 is 5.11 Å². The van der Waals surface area contributed by atoms with E-state index in [0.717, 1.165) is 23.9 Å². The molecule has 0 saturated heterocycles.